The van der Waals surface area contributed by atoms with Crippen molar-refractivity contribution in [2.75, 3.05) is 19.6 Å². The number of hydrogen-bond acceptors (Lipinski definition) is 3. The van der Waals surface area contributed by atoms with Crippen molar-refractivity contribution in [1.29, 1.82) is 0 Å². The molecule has 0 aliphatic carbocycles. The van der Waals surface area contributed by atoms with Crippen molar-refractivity contribution < 1.29 is 0 Å². The van der Waals surface area contributed by atoms with Crippen LogP contribution >= 0.6 is 0 Å². The van der Waals surface area contributed by atoms with Crippen molar-refractivity contribution in [3.63, 3.8) is 0 Å². The lowest BCUT2D eigenvalue weighted by molar-refractivity contribution is 0.120. The zero-order valence-corrected chi connectivity index (χ0v) is 9.76. The Morgan fingerprint density at radius 3 is 2.57 bits per heavy atom. The molecular weight excluding hydrogens is 174 g/mol. The van der Waals surface area contributed by atoms with Gasteiger partial charge in [0.1, 0.15) is 0 Å². The first-order valence-corrected chi connectivity index (χ1v) is 5.79. The summed E-state index contributed by atoms with van der Waals surface area (Å²) in [5.41, 5.74) is 8.90. The third-order valence-corrected chi connectivity index (χ3v) is 2.41. The molecule has 0 fully saturated rings. The summed E-state index contributed by atoms with van der Waals surface area (Å²) < 4.78 is 0. The fourth-order valence-corrected chi connectivity index (χ4v) is 1.54. The van der Waals surface area contributed by atoms with Crippen molar-refractivity contribution in [3.05, 3.63) is 6.92 Å². The fraction of sp³-hybridized carbons (Fsp3) is 0.909. The molecule has 3 nitrogen and oxygen atoms in total. The molecular formula is C11H26N3. The molecule has 0 aliphatic heterocycles. The Kier molecular flexibility index (Phi) is 9.35. The Balaban J connectivity index is 3.85. The van der Waals surface area contributed by atoms with E-state index in [0.29, 0.717) is 6.04 Å². The van der Waals surface area contributed by atoms with E-state index < -0.39 is 0 Å². The molecule has 0 aromatic rings. The first-order valence-electron chi connectivity index (χ1n) is 5.79. The van der Waals surface area contributed by atoms with Gasteiger partial charge < -0.3 is 5.73 Å². The van der Waals surface area contributed by atoms with Gasteiger partial charge in [-0.2, -0.15) is 0 Å². The van der Waals surface area contributed by atoms with Gasteiger partial charge in [0.2, 0.25) is 0 Å². The molecule has 3 heteroatoms. The van der Waals surface area contributed by atoms with E-state index in [2.05, 4.69) is 31.2 Å². The van der Waals surface area contributed by atoms with Crippen molar-refractivity contribution in [2.24, 2.45) is 5.73 Å². The third-order valence-electron chi connectivity index (χ3n) is 2.41. The molecule has 0 heterocycles. The minimum atomic E-state index is 0.563. The molecule has 0 aliphatic rings. The van der Waals surface area contributed by atoms with Crippen LogP contribution in [0.25, 0.3) is 0 Å². The highest BCUT2D eigenvalue weighted by molar-refractivity contribution is 4.68. The van der Waals surface area contributed by atoms with Crippen molar-refractivity contribution in [2.45, 2.75) is 45.6 Å². The van der Waals surface area contributed by atoms with Crippen LogP contribution in [0.5, 0.6) is 0 Å². The van der Waals surface area contributed by atoms with Crippen LogP contribution in [0.3, 0.4) is 0 Å². The van der Waals surface area contributed by atoms with E-state index in [1.807, 2.05) is 0 Å². The molecule has 0 aromatic heterocycles. The normalized spacial score (nSPS) is 11.6. The topological polar surface area (TPSA) is 41.3 Å². The maximum atomic E-state index is 5.46. The molecule has 0 amide bonds. The summed E-state index contributed by atoms with van der Waals surface area (Å²) in [4.78, 5) is 0. The van der Waals surface area contributed by atoms with Crippen LogP contribution in [0.15, 0.2) is 0 Å². The summed E-state index contributed by atoms with van der Waals surface area (Å²) in [6.45, 7) is 11.2. The maximum absolute atomic E-state index is 5.46. The number of hydrazine groups is 1. The number of rotatable bonds is 9. The van der Waals surface area contributed by atoms with Gasteiger partial charge in [-0.25, -0.2) is 5.01 Å². The molecule has 1 unspecified atom stereocenters. The van der Waals surface area contributed by atoms with E-state index in [1.54, 1.807) is 0 Å². The average Bonchev–Trinajstić information content (AvgIpc) is 2.20. The first-order chi connectivity index (χ1) is 6.79. The number of nitrogens with zero attached hydrogens (tertiary/aromatic N) is 1. The Morgan fingerprint density at radius 1 is 1.43 bits per heavy atom. The van der Waals surface area contributed by atoms with E-state index in [9.17, 15) is 0 Å². The Bertz CT molecular complexity index is 113. The average molecular weight is 200 g/mol. The zero-order valence-electron chi connectivity index (χ0n) is 9.76. The maximum Gasteiger partial charge on any atom is 0.0240 e. The van der Waals surface area contributed by atoms with Crippen molar-refractivity contribution in [1.82, 2.24) is 10.4 Å². The van der Waals surface area contributed by atoms with Crippen LogP contribution in [-0.4, -0.2) is 30.7 Å². The molecule has 1 radical (unpaired) electrons. The van der Waals surface area contributed by atoms with Gasteiger partial charge >= 0.3 is 0 Å². The summed E-state index contributed by atoms with van der Waals surface area (Å²) in [6, 6.07) is 0.563. The number of nitrogens with one attached hydrogen (secondary N) is 1. The van der Waals surface area contributed by atoms with Gasteiger partial charge in [0.25, 0.3) is 0 Å². The van der Waals surface area contributed by atoms with Crippen LogP contribution in [-0.2, 0) is 0 Å². The smallest absolute Gasteiger partial charge is 0.0240 e. The monoisotopic (exact) mass is 200 g/mol. The molecule has 85 valence electrons. The van der Waals surface area contributed by atoms with Crippen molar-refractivity contribution >= 4 is 0 Å². The molecule has 0 aromatic carbocycles. The van der Waals surface area contributed by atoms with E-state index >= 15 is 0 Å². The van der Waals surface area contributed by atoms with Crippen molar-refractivity contribution in [3.8, 4) is 0 Å². The second-order valence-electron chi connectivity index (χ2n) is 3.59. The van der Waals surface area contributed by atoms with Crippen LogP contribution in [0.4, 0.5) is 0 Å². The molecule has 1 atom stereocenters. The van der Waals surface area contributed by atoms with E-state index in [1.165, 1.54) is 6.42 Å². The largest absolute Gasteiger partial charge is 0.330 e. The van der Waals surface area contributed by atoms with Gasteiger partial charge in [0.05, 0.1) is 0 Å². The molecule has 0 spiro atoms. The SMILES string of the molecule is [CH2]CC(CC)N(CCC)NCCCN. The molecule has 0 saturated heterocycles. The summed E-state index contributed by atoms with van der Waals surface area (Å²) >= 11 is 0. The van der Waals surface area contributed by atoms with Gasteiger partial charge in [-0.15, -0.1) is 0 Å². The van der Waals surface area contributed by atoms with Crippen LogP contribution in [0.1, 0.15) is 39.5 Å². The minimum absolute atomic E-state index is 0.563. The molecule has 14 heavy (non-hydrogen) atoms. The van der Waals surface area contributed by atoms with Gasteiger partial charge in [-0.05, 0) is 32.2 Å². The highest BCUT2D eigenvalue weighted by Crippen LogP contribution is 2.05. The standard InChI is InChI=1S/C11H26N3/c1-4-10-14(11(5-2)6-3)13-9-7-8-12/h11,13H,2,4-10,12H2,1,3H3. The number of hydrogen-bond donors (Lipinski definition) is 2. The fourth-order valence-electron chi connectivity index (χ4n) is 1.54. The zero-order chi connectivity index (χ0) is 10.8. The number of nitrogens with two attached hydrogens (primary N) is 1. The Labute approximate surface area is 89.0 Å². The predicted octanol–water partition coefficient (Wildman–Crippen LogP) is 1.55. The summed E-state index contributed by atoms with van der Waals surface area (Å²) in [5.74, 6) is 0. The lowest BCUT2D eigenvalue weighted by Crippen LogP contribution is -2.46. The summed E-state index contributed by atoms with van der Waals surface area (Å²) in [7, 11) is 0. The highest BCUT2D eigenvalue weighted by Gasteiger charge is 2.12. The van der Waals surface area contributed by atoms with Crippen LogP contribution in [0, 0.1) is 6.92 Å². The molecule has 3 N–H and O–H groups in total. The van der Waals surface area contributed by atoms with Gasteiger partial charge in [0, 0.05) is 19.1 Å². The van der Waals surface area contributed by atoms with Gasteiger partial charge in [-0.3, -0.25) is 5.43 Å². The van der Waals surface area contributed by atoms with Crippen LogP contribution < -0.4 is 11.2 Å². The van der Waals surface area contributed by atoms with E-state index in [0.717, 1.165) is 38.9 Å². The molecule has 0 rings (SSSR count). The lowest BCUT2D eigenvalue weighted by Gasteiger charge is -2.30. The minimum Gasteiger partial charge on any atom is -0.330 e. The Hall–Kier alpha value is -0.120. The summed E-state index contributed by atoms with van der Waals surface area (Å²) in [6.07, 6.45) is 4.32. The second kappa shape index (κ2) is 9.44. The summed E-state index contributed by atoms with van der Waals surface area (Å²) in [5, 5.41) is 2.32. The quantitative estimate of drug-likeness (QED) is 0.438. The van der Waals surface area contributed by atoms with Gasteiger partial charge in [0.15, 0.2) is 0 Å². The van der Waals surface area contributed by atoms with E-state index in [-0.39, 0.29) is 0 Å². The van der Waals surface area contributed by atoms with Gasteiger partial charge in [-0.1, -0.05) is 20.8 Å². The van der Waals surface area contributed by atoms with E-state index in [4.69, 9.17) is 5.73 Å². The lowest BCUT2D eigenvalue weighted by atomic mass is 10.1. The second-order valence-corrected chi connectivity index (χ2v) is 3.59. The Morgan fingerprint density at radius 2 is 2.14 bits per heavy atom. The predicted molar refractivity (Wildman–Crippen MR) is 62.7 cm³/mol. The third kappa shape index (κ3) is 5.58. The highest BCUT2D eigenvalue weighted by atomic mass is 15.5. The molecule has 0 saturated carbocycles. The van der Waals surface area contributed by atoms with Crippen LogP contribution in [0.2, 0.25) is 0 Å². The molecule has 0 bridgehead atoms. The first kappa shape index (κ1) is 13.9.